The summed E-state index contributed by atoms with van der Waals surface area (Å²) in [6.07, 6.45) is 1.55. The van der Waals surface area contributed by atoms with Gasteiger partial charge < -0.3 is 10.1 Å². The largest absolute Gasteiger partial charge is 0.377 e. The highest BCUT2D eigenvalue weighted by atomic mass is 79.9. The molecule has 1 unspecified atom stereocenters. The van der Waals surface area contributed by atoms with Gasteiger partial charge in [0, 0.05) is 13.2 Å². The van der Waals surface area contributed by atoms with E-state index < -0.39 is 0 Å². The molecule has 6 heteroatoms. The Kier molecular flexibility index (Phi) is 5.28. The van der Waals surface area contributed by atoms with E-state index in [-0.39, 0.29) is 6.10 Å². The Labute approximate surface area is 103 Å². The number of hydrogen-bond donors (Lipinski definition) is 1. The minimum absolute atomic E-state index is 0.135. The quantitative estimate of drug-likeness (QED) is 0.848. The van der Waals surface area contributed by atoms with Gasteiger partial charge in [-0.05, 0) is 29.8 Å². The smallest absolute Gasteiger partial charge is 0.148 e. The fraction of sp³-hybridized carbons (Fsp3) is 0.556. The van der Waals surface area contributed by atoms with Gasteiger partial charge in [-0.2, -0.15) is 0 Å². The zero-order chi connectivity index (χ0) is 11.3. The lowest BCUT2D eigenvalue weighted by molar-refractivity contribution is 0.0854. The Hall–Kier alpha value is -0.390. The van der Waals surface area contributed by atoms with Crippen molar-refractivity contribution < 1.29 is 4.74 Å². The molecule has 1 aromatic heterocycles. The van der Waals surface area contributed by atoms with Gasteiger partial charge in [0.15, 0.2) is 0 Å². The van der Waals surface area contributed by atoms with Gasteiger partial charge in [0.25, 0.3) is 0 Å². The van der Waals surface area contributed by atoms with E-state index in [2.05, 4.69) is 31.2 Å². The Bertz CT molecular complexity index is 324. The summed E-state index contributed by atoms with van der Waals surface area (Å²) in [5.74, 6) is 0.682. The second-order valence-electron chi connectivity index (χ2n) is 2.97. The van der Waals surface area contributed by atoms with E-state index in [0.717, 1.165) is 0 Å². The van der Waals surface area contributed by atoms with E-state index >= 15 is 0 Å². The van der Waals surface area contributed by atoms with Crippen LogP contribution >= 0.6 is 27.5 Å². The standard InChI is InChI=1S/C9H13BrClN3O/c1-3-15-6(2)4-12-9-7(10)8(11)13-5-14-9/h5-6H,3-4H2,1-2H3,(H,12,13,14). The van der Waals surface area contributed by atoms with E-state index in [1.54, 1.807) is 0 Å². The van der Waals surface area contributed by atoms with Gasteiger partial charge in [0.05, 0.1) is 10.6 Å². The van der Waals surface area contributed by atoms with Crippen molar-refractivity contribution in [2.24, 2.45) is 0 Å². The lowest BCUT2D eigenvalue weighted by Gasteiger charge is -2.13. The maximum absolute atomic E-state index is 5.82. The molecule has 0 fully saturated rings. The molecule has 0 aliphatic rings. The highest BCUT2D eigenvalue weighted by molar-refractivity contribution is 9.10. The molecule has 84 valence electrons. The first-order chi connectivity index (χ1) is 7.15. The Morgan fingerprint density at radius 3 is 3.00 bits per heavy atom. The maximum atomic E-state index is 5.82. The number of nitrogens with zero attached hydrogens (tertiary/aromatic N) is 2. The summed E-state index contributed by atoms with van der Waals surface area (Å²) >= 11 is 9.13. The molecular formula is C9H13BrClN3O. The first-order valence-electron chi connectivity index (χ1n) is 4.66. The molecule has 1 heterocycles. The Balaban J connectivity index is 2.54. The molecule has 4 nitrogen and oxygen atoms in total. The monoisotopic (exact) mass is 293 g/mol. The molecule has 0 saturated heterocycles. The Morgan fingerprint density at radius 2 is 2.33 bits per heavy atom. The molecule has 0 spiro atoms. The predicted octanol–water partition coefficient (Wildman–Crippen LogP) is 2.73. The fourth-order valence-electron chi connectivity index (χ4n) is 1.06. The minimum Gasteiger partial charge on any atom is -0.377 e. The molecule has 0 bridgehead atoms. The van der Waals surface area contributed by atoms with Gasteiger partial charge >= 0.3 is 0 Å². The van der Waals surface area contributed by atoms with E-state index in [4.69, 9.17) is 16.3 Å². The fourth-order valence-corrected chi connectivity index (χ4v) is 1.53. The van der Waals surface area contributed by atoms with Crippen molar-refractivity contribution in [3.05, 3.63) is 16.0 Å². The lowest BCUT2D eigenvalue weighted by atomic mass is 10.4. The van der Waals surface area contributed by atoms with Crippen LogP contribution in [0.2, 0.25) is 5.15 Å². The second kappa shape index (κ2) is 6.25. The molecule has 0 amide bonds. The van der Waals surface area contributed by atoms with Gasteiger partial charge in [-0.15, -0.1) is 0 Å². The molecular weight excluding hydrogens is 281 g/mol. The minimum atomic E-state index is 0.135. The van der Waals surface area contributed by atoms with Crippen LogP contribution < -0.4 is 5.32 Å². The van der Waals surface area contributed by atoms with Crippen molar-refractivity contribution >= 4 is 33.3 Å². The molecule has 0 aromatic carbocycles. The summed E-state index contributed by atoms with van der Waals surface area (Å²) in [6, 6.07) is 0. The van der Waals surface area contributed by atoms with Crippen molar-refractivity contribution in [2.45, 2.75) is 20.0 Å². The summed E-state index contributed by atoms with van der Waals surface area (Å²) in [5, 5.41) is 3.53. The molecule has 0 aliphatic carbocycles. The number of ether oxygens (including phenoxy) is 1. The number of halogens is 2. The van der Waals surface area contributed by atoms with Gasteiger partial charge in [-0.1, -0.05) is 11.6 Å². The van der Waals surface area contributed by atoms with Gasteiger partial charge in [0.2, 0.25) is 0 Å². The summed E-state index contributed by atoms with van der Waals surface area (Å²) in [5.41, 5.74) is 0. The summed E-state index contributed by atoms with van der Waals surface area (Å²) in [6.45, 7) is 5.34. The molecule has 15 heavy (non-hydrogen) atoms. The number of anilines is 1. The van der Waals surface area contributed by atoms with Crippen LogP contribution in [0.15, 0.2) is 10.8 Å². The van der Waals surface area contributed by atoms with Crippen molar-refractivity contribution in [1.29, 1.82) is 0 Å². The van der Waals surface area contributed by atoms with E-state index in [9.17, 15) is 0 Å². The van der Waals surface area contributed by atoms with Gasteiger partial charge in [-0.3, -0.25) is 0 Å². The van der Waals surface area contributed by atoms with Crippen LogP contribution in [0.5, 0.6) is 0 Å². The summed E-state index contributed by atoms with van der Waals surface area (Å²) in [4.78, 5) is 7.90. The zero-order valence-electron chi connectivity index (χ0n) is 8.63. The molecule has 1 N–H and O–H groups in total. The topological polar surface area (TPSA) is 47.0 Å². The lowest BCUT2D eigenvalue weighted by Crippen LogP contribution is -2.20. The zero-order valence-corrected chi connectivity index (χ0v) is 11.0. The normalized spacial score (nSPS) is 12.5. The van der Waals surface area contributed by atoms with Crippen LogP contribution in [-0.2, 0) is 4.74 Å². The number of hydrogen-bond acceptors (Lipinski definition) is 4. The van der Waals surface area contributed by atoms with E-state index in [0.29, 0.717) is 28.6 Å². The number of nitrogens with one attached hydrogen (secondary N) is 1. The molecule has 1 aromatic rings. The Morgan fingerprint density at radius 1 is 1.60 bits per heavy atom. The predicted molar refractivity (Wildman–Crippen MR) is 64.3 cm³/mol. The van der Waals surface area contributed by atoms with E-state index in [1.165, 1.54) is 6.33 Å². The second-order valence-corrected chi connectivity index (χ2v) is 4.12. The summed E-state index contributed by atoms with van der Waals surface area (Å²) in [7, 11) is 0. The van der Waals surface area contributed by atoms with Crippen LogP contribution in [0.4, 0.5) is 5.82 Å². The van der Waals surface area contributed by atoms with Gasteiger partial charge in [-0.25, -0.2) is 9.97 Å². The van der Waals surface area contributed by atoms with Crippen LogP contribution in [0.25, 0.3) is 0 Å². The van der Waals surface area contributed by atoms with Crippen molar-refractivity contribution in [3.8, 4) is 0 Å². The van der Waals surface area contributed by atoms with Crippen LogP contribution in [0.1, 0.15) is 13.8 Å². The third-order valence-corrected chi connectivity index (χ3v) is 3.02. The molecule has 0 aliphatic heterocycles. The first kappa shape index (κ1) is 12.7. The third kappa shape index (κ3) is 3.93. The SMILES string of the molecule is CCOC(C)CNc1ncnc(Cl)c1Br. The highest BCUT2D eigenvalue weighted by Gasteiger charge is 2.07. The highest BCUT2D eigenvalue weighted by Crippen LogP contribution is 2.25. The van der Waals surface area contributed by atoms with Gasteiger partial charge in [0.1, 0.15) is 17.3 Å². The number of aromatic nitrogens is 2. The number of rotatable bonds is 5. The average Bonchev–Trinajstić information content (AvgIpc) is 2.21. The average molecular weight is 295 g/mol. The third-order valence-electron chi connectivity index (χ3n) is 1.76. The molecule has 1 atom stereocenters. The van der Waals surface area contributed by atoms with Crippen molar-refractivity contribution in [3.63, 3.8) is 0 Å². The molecule has 0 saturated carbocycles. The van der Waals surface area contributed by atoms with Crippen LogP contribution in [0.3, 0.4) is 0 Å². The maximum Gasteiger partial charge on any atom is 0.148 e. The first-order valence-corrected chi connectivity index (χ1v) is 5.83. The van der Waals surface area contributed by atoms with Crippen molar-refractivity contribution in [1.82, 2.24) is 9.97 Å². The summed E-state index contributed by atoms with van der Waals surface area (Å²) < 4.78 is 6.06. The molecule has 1 rings (SSSR count). The van der Waals surface area contributed by atoms with E-state index in [1.807, 2.05) is 13.8 Å². The van der Waals surface area contributed by atoms with Crippen LogP contribution in [0, 0.1) is 0 Å². The molecule has 0 radical (unpaired) electrons. The van der Waals surface area contributed by atoms with Crippen molar-refractivity contribution in [2.75, 3.05) is 18.5 Å². The van der Waals surface area contributed by atoms with Crippen LogP contribution in [-0.4, -0.2) is 29.2 Å².